The lowest BCUT2D eigenvalue weighted by atomic mass is 9.95. The van der Waals surface area contributed by atoms with E-state index in [4.69, 9.17) is 0 Å². The monoisotopic (exact) mass is 296 g/mol. The Morgan fingerprint density at radius 3 is 2.82 bits per heavy atom. The molecule has 94 valence electrons. The molecule has 0 spiro atoms. The Morgan fingerprint density at radius 1 is 1.41 bits per heavy atom. The summed E-state index contributed by atoms with van der Waals surface area (Å²) in [6, 6.07) is 9.10. The number of benzene rings is 1. The van der Waals surface area contributed by atoms with E-state index in [-0.39, 0.29) is 5.54 Å². The van der Waals surface area contributed by atoms with Gasteiger partial charge >= 0.3 is 0 Å². The maximum absolute atomic E-state index is 3.55. The fourth-order valence-electron chi connectivity index (χ4n) is 2.66. The van der Waals surface area contributed by atoms with Gasteiger partial charge in [0.2, 0.25) is 0 Å². The molecule has 1 aliphatic heterocycles. The summed E-state index contributed by atoms with van der Waals surface area (Å²) in [5.74, 6) is 0. The first kappa shape index (κ1) is 13.1. The molecule has 1 N–H and O–H groups in total. The van der Waals surface area contributed by atoms with Crippen LogP contribution in [0.5, 0.6) is 0 Å². The van der Waals surface area contributed by atoms with Gasteiger partial charge in [0.1, 0.15) is 0 Å². The van der Waals surface area contributed by atoms with Crippen LogP contribution in [0.3, 0.4) is 0 Å². The van der Waals surface area contributed by atoms with Crippen molar-refractivity contribution >= 4 is 15.9 Å². The lowest BCUT2D eigenvalue weighted by molar-refractivity contribution is 0.0516. The highest BCUT2D eigenvalue weighted by Gasteiger charge is 2.33. The van der Waals surface area contributed by atoms with Crippen molar-refractivity contribution in [2.75, 3.05) is 19.6 Å². The Labute approximate surface area is 113 Å². The van der Waals surface area contributed by atoms with Crippen molar-refractivity contribution in [2.45, 2.75) is 32.4 Å². The van der Waals surface area contributed by atoms with Crippen molar-refractivity contribution in [2.24, 2.45) is 0 Å². The third kappa shape index (κ3) is 2.90. The van der Waals surface area contributed by atoms with Crippen LogP contribution in [-0.2, 0) is 0 Å². The average Bonchev–Trinajstić information content (AvgIpc) is 2.27. The van der Waals surface area contributed by atoms with E-state index in [1.54, 1.807) is 0 Å². The van der Waals surface area contributed by atoms with Crippen LogP contribution in [0, 0.1) is 0 Å². The van der Waals surface area contributed by atoms with Gasteiger partial charge in [-0.15, -0.1) is 0 Å². The van der Waals surface area contributed by atoms with E-state index in [1.165, 1.54) is 5.56 Å². The largest absolute Gasteiger partial charge is 0.314 e. The van der Waals surface area contributed by atoms with Crippen LogP contribution < -0.4 is 5.32 Å². The molecule has 1 fully saturated rings. The molecule has 1 aromatic rings. The summed E-state index contributed by atoms with van der Waals surface area (Å²) in [5, 5.41) is 3.47. The van der Waals surface area contributed by atoms with Crippen LogP contribution in [-0.4, -0.2) is 30.1 Å². The second-order valence-corrected chi connectivity index (χ2v) is 6.33. The highest BCUT2D eigenvalue weighted by molar-refractivity contribution is 9.10. The number of halogens is 1. The van der Waals surface area contributed by atoms with Crippen molar-refractivity contribution in [1.82, 2.24) is 10.2 Å². The van der Waals surface area contributed by atoms with E-state index in [2.05, 4.69) is 71.2 Å². The normalized spacial score (nSPS) is 22.4. The first-order valence-electron chi connectivity index (χ1n) is 6.24. The Bertz CT molecular complexity index is 390. The molecule has 1 aliphatic rings. The van der Waals surface area contributed by atoms with E-state index in [9.17, 15) is 0 Å². The molecule has 0 radical (unpaired) electrons. The third-order valence-electron chi connectivity index (χ3n) is 3.66. The number of nitrogens with one attached hydrogen (secondary N) is 1. The third-order valence-corrected chi connectivity index (χ3v) is 4.16. The molecule has 0 amide bonds. The molecule has 3 heteroatoms. The second kappa shape index (κ2) is 5.09. The van der Waals surface area contributed by atoms with Crippen LogP contribution in [0.15, 0.2) is 28.7 Å². The van der Waals surface area contributed by atoms with Crippen LogP contribution in [0.2, 0.25) is 0 Å². The minimum atomic E-state index is 0.222. The average molecular weight is 297 g/mol. The van der Waals surface area contributed by atoms with Crippen LogP contribution >= 0.6 is 15.9 Å². The van der Waals surface area contributed by atoms with Crippen LogP contribution in [0.4, 0.5) is 0 Å². The van der Waals surface area contributed by atoms with Crippen molar-refractivity contribution < 1.29 is 0 Å². The van der Waals surface area contributed by atoms with Gasteiger partial charge in [0, 0.05) is 35.7 Å². The first-order chi connectivity index (χ1) is 8.00. The van der Waals surface area contributed by atoms with Gasteiger partial charge < -0.3 is 5.32 Å². The highest BCUT2D eigenvalue weighted by Crippen LogP contribution is 2.30. The van der Waals surface area contributed by atoms with E-state index >= 15 is 0 Å². The summed E-state index contributed by atoms with van der Waals surface area (Å²) in [4.78, 5) is 2.59. The molecule has 2 rings (SSSR count). The van der Waals surface area contributed by atoms with Gasteiger partial charge in [0.25, 0.3) is 0 Å². The van der Waals surface area contributed by atoms with Crippen molar-refractivity contribution in [3.8, 4) is 0 Å². The van der Waals surface area contributed by atoms with E-state index in [0.29, 0.717) is 6.04 Å². The predicted octanol–water partition coefficient (Wildman–Crippen LogP) is 3.19. The quantitative estimate of drug-likeness (QED) is 0.902. The first-order valence-corrected chi connectivity index (χ1v) is 7.03. The predicted molar refractivity (Wildman–Crippen MR) is 76.2 cm³/mol. The zero-order valence-electron chi connectivity index (χ0n) is 10.8. The molecule has 1 atom stereocenters. The zero-order valence-corrected chi connectivity index (χ0v) is 12.4. The van der Waals surface area contributed by atoms with Gasteiger partial charge in [0.15, 0.2) is 0 Å². The highest BCUT2D eigenvalue weighted by atomic mass is 79.9. The van der Waals surface area contributed by atoms with Crippen molar-refractivity contribution in [3.05, 3.63) is 34.3 Å². The molecule has 1 unspecified atom stereocenters. The Hall–Kier alpha value is -0.380. The van der Waals surface area contributed by atoms with E-state index in [1.807, 2.05) is 0 Å². The summed E-state index contributed by atoms with van der Waals surface area (Å²) in [6.45, 7) is 10.2. The summed E-state index contributed by atoms with van der Waals surface area (Å²) in [6.07, 6.45) is 0. The van der Waals surface area contributed by atoms with Gasteiger partial charge in [0.05, 0.1) is 0 Å². The fourth-order valence-corrected chi connectivity index (χ4v) is 3.08. The standard InChI is InChI=1S/C14H21BrN2/c1-11(12-5-4-6-13(15)9-12)17-8-7-16-10-14(17,2)3/h4-6,9,11,16H,7-8,10H2,1-3H3. The number of rotatable bonds is 2. The molecular weight excluding hydrogens is 276 g/mol. The van der Waals surface area contributed by atoms with Crippen molar-refractivity contribution in [1.29, 1.82) is 0 Å². The molecule has 17 heavy (non-hydrogen) atoms. The summed E-state index contributed by atoms with van der Waals surface area (Å²) < 4.78 is 1.16. The van der Waals surface area contributed by atoms with Gasteiger partial charge in [-0.05, 0) is 38.5 Å². The molecule has 0 aliphatic carbocycles. The fraction of sp³-hybridized carbons (Fsp3) is 0.571. The maximum atomic E-state index is 3.55. The number of nitrogens with zero attached hydrogens (tertiary/aromatic N) is 1. The molecule has 1 heterocycles. The van der Waals surface area contributed by atoms with Gasteiger partial charge in [-0.25, -0.2) is 0 Å². The molecule has 1 saturated heterocycles. The Balaban J connectivity index is 2.21. The number of hydrogen-bond donors (Lipinski definition) is 1. The molecular formula is C14H21BrN2. The van der Waals surface area contributed by atoms with E-state index in [0.717, 1.165) is 24.1 Å². The summed E-state index contributed by atoms with van der Waals surface area (Å²) in [7, 11) is 0. The number of hydrogen-bond acceptors (Lipinski definition) is 2. The lowest BCUT2D eigenvalue weighted by Crippen LogP contribution is -2.58. The molecule has 0 aromatic heterocycles. The van der Waals surface area contributed by atoms with E-state index < -0.39 is 0 Å². The molecule has 0 bridgehead atoms. The summed E-state index contributed by atoms with van der Waals surface area (Å²) in [5.41, 5.74) is 1.61. The van der Waals surface area contributed by atoms with Crippen molar-refractivity contribution in [3.63, 3.8) is 0 Å². The Morgan fingerprint density at radius 2 is 2.18 bits per heavy atom. The zero-order chi connectivity index (χ0) is 12.5. The minimum Gasteiger partial charge on any atom is -0.314 e. The molecule has 1 aromatic carbocycles. The topological polar surface area (TPSA) is 15.3 Å². The maximum Gasteiger partial charge on any atom is 0.0326 e. The second-order valence-electron chi connectivity index (χ2n) is 5.41. The SMILES string of the molecule is CC(c1cccc(Br)c1)N1CCNCC1(C)C. The molecule has 0 saturated carbocycles. The number of piperazine rings is 1. The van der Waals surface area contributed by atoms with Gasteiger partial charge in [-0.1, -0.05) is 28.1 Å². The molecule has 2 nitrogen and oxygen atoms in total. The Kier molecular flexibility index (Phi) is 3.91. The lowest BCUT2D eigenvalue weighted by Gasteiger charge is -2.46. The van der Waals surface area contributed by atoms with Crippen LogP contribution in [0.25, 0.3) is 0 Å². The smallest absolute Gasteiger partial charge is 0.0326 e. The minimum absolute atomic E-state index is 0.222. The van der Waals surface area contributed by atoms with Gasteiger partial charge in [-0.3, -0.25) is 4.90 Å². The summed E-state index contributed by atoms with van der Waals surface area (Å²) >= 11 is 3.55. The van der Waals surface area contributed by atoms with Gasteiger partial charge in [-0.2, -0.15) is 0 Å². The van der Waals surface area contributed by atoms with Crippen LogP contribution in [0.1, 0.15) is 32.4 Å².